The van der Waals surface area contributed by atoms with Crippen LogP contribution in [0, 0.1) is 0 Å². The van der Waals surface area contributed by atoms with E-state index in [0.717, 1.165) is 28.3 Å². The van der Waals surface area contributed by atoms with Crippen LogP contribution >= 0.6 is 23.4 Å². The molecule has 1 aliphatic rings. The van der Waals surface area contributed by atoms with Crippen LogP contribution in [-0.2, 0) is 20.7 Å². The van der Waals surface area contributed by atoms with Gasteiger partial charge in [0, 0.05) is 16.5 Å². The summed E-state index contributed by atoms with van der Waals surface area (Å²) in [5.74, 6) is 0.903. The molecule has 0 saturated carbocycles. The topological polar surface area (TPSA) is 69.0 Å². The van der Waals surface area contributed by atoms with E-state index < -0.39 is 6.04 Å². The van der Waals surface area contributed by atoms with Crippen molar-refractivity contribution in [1.29, 1.82) is 0 Å². The zero-order valence-corrected chi connectivity index (χ0v) is 22.3. The number of allylic oxidation sites excluding steroid dienone is 1. The third kappa shape index (κ3) is 5.57. The van der Waals surface area contributed by atoms with E-state index in [0.29, 0.717) is 29.0 Å². The summed E-state index contributed by atoms with van der Waals surface area (Å²) in [7, 11) is 0. The van der Waals surface area contributed by atoms with Gasteiger partial charge in [0.05, 0.1) is 12.2 Å². The molecular weight excluding hydrogens is 480 g/mol. The molecule has 1 unspecified atom stereocenters. The number of nitrogens with zero attached hydrogens (tertiary/aromatic N) is 3. The van der Waals surface area contributed by atoms with E-state index in [4.69, 9.17) is 26.4 Å². The van der Waals surface area contributed by atoms with E-state index in [1.54, 1.807) is 4.68 Å². The molecule has 1 aliphatic heterocycles. The van der Waals surface area contributed by atoms with Crippen molar-refractivity contribution in [1.82, 2.24) is 14.8 Å². The number of nitrogens with one attached hydrogen (secondary N) is 1. The van der Waals surface area contributed by atoms with Gasteiger partial charge in [-0.15, -0.1) is 5.10 Å². The van der Waals surface area contributed by atoms with Gasteiger partial charge in [-0.25, -0.2) is 9.48 Å². The number of carbonyl (C=O) groups excluding carboxylic acids is 1. The zero-order valence-electron chi connectivity index (χ0n) is 20.8. The quantitative estimate of drug-likeness (QED) is 0.279. The van der Waals surface area contributed by atoms with Crippen LogP contribution in [0.3, 0.4) is 0 Å². The number of aromatic nitrogens is 3. The lowest BCUT2D eigenvalue weighted by Crippen LogP contribution is -2.30. The first-order valence-electron chi connectivity index (χ1n) is 11.8. The molecule has 0 radical (unpaired) electrons. The van der Waals surface area contributed by atoms with E-state index in [1.807, 2.05) is 38.1 Å². The Morgan fingerprint density at radius 3 is 2.54 bits per heavy atom. The number of halogens is 1. The van der Waals surface area contributed by atoms with E-state index >= 15 is 0 Å². The van der Waals surface area contributed by atoms with Gasteiger partial charge in [0.25, 0.3) is 0 Å². The van der Waals surface area contributed by atoms with Crippen molar-refractivity contribution in [2.75, 3.05) is 11.9 Å². The number of hydrogen-bond donors (Lipinski definition) is 1. The van der Waals surface area contributed by atoms with Crippen molar-refractivity contribution in [3.8, 4) is 0 Å². The molecule has 35 heavy (non-hydrogen) atoms. The van der Waals surface area contributed by atoms with Crippen LogP contribution in [0.25, 0.3) is 0 Å². The molecule has 1 atom stereocenters. The highest BCUT2D eigenvalue weighted by Gasteiger charge is 2.35. The summed E-state index contributed by atoms with van der Waals surface area (Å²) < 4.78 is 7.34. The van der Waals surface area contributed by atoms with E-state index in [-0.39, 0.29) is 11.4 Å². The molecule has 4 rings (SSSR count). The molecule has 1 N–H and O–H groups in total. The first-order valence-corrected chi connectivity index (χ1v) is 13.1. The van der Waals surface area contributed by atoms with Crippen LogP contribution in [0.1, 0.15) is 63.8 Å². The summed E-state index contributed by atoms with van der Waals surface area (Å²) in [6.45, 7) is 10.8. The maximum absolute atomic E-state index is 13.1. The number of carbonyl (C=O) groups is 1. The van der Waals surface area contributed by atoms with Gasteiger partial charge in [0.2, 0.25) is 11.1 Å². The molecule has 184 valence electrons. The predicted octanol–water partition coefficient (Wildman–Crippen LogP) is 6.76. The molecule has 0 bridgehead atoms. The number of thioether (sulfide) groups is 1. The first kappa shape index (κ1) is 25.3. The molecule has 0 spiro atoms. The second-order valence-corrected chi connectivity index (χ2v) is 11.0. The fraction of sp³-hybridized carbons (Fsp3) is 0.370. The number of hydrogen-bond acceptors (Lipinski definition) is 6. The Labute approximate surface area is 216 Å². The van der Waals surface area contributed by atoms with Crippen molar-refractivity contribution in [2.24, 2.45) is 0 Å². The minimum Gasteiger partial charge on any atom is -0.462 e. The minimum absolute atomic E-state index is 0.0300. The lowest BCUT2D eigenvalue weighted by atomic mass is 9.85. The van der Waals surface area contributed by atoms with Gasteiger partial charge in [0.1, 0.15) is 6.04 Å². The van der Waals surface area contributed by atoms with Crippen molar-refractivity contribution in [3.63, 3.8) is 0 Å². The Kier molecular flexibility index (Phi) is 7.57. The second kappa shape index (κ2) is 10.5. The Morgan fingerprint density at radius 1 is 1.17 bits per heavy atom. The largest absolute Gasteiger partial charge is 0.462 e. The summed E-state index contributed by atoms with van der Waals surface area (Å²) in [5.41, 5.74) is 4.49. The highest BCUT2D eigenvalue weighted by atomic mass is 35.5. The van der Waals surface area contributed by atoms with E-state index in [1.165, 1.54) is 17.3 Å². The van der Waals surface area contributed by atoms with E-state index in [2.05, 4.69) is 50.4 Å². The van der Waals surface area contributed by atoms with E-state index in [9.17, 15) is 4.79 Å². The molecule has 0 amide bonds. The molecule has 6 nitrogen and oxygen atoms in total. The van der Waals surface area contributed by atoms with Crippen molar-refractivity contribution >= 4 is 35.3 Å². The van der Waals surface area contributed by atoms with Crippen LogP contribution in [0.2, 0.25) is 5.02 Å². The van der Waals surface area contributed by atoms with Gasteiger partial charge in [-0.3, -0.25) is 0 Å². The number of anilines is 1. The number of fused-ring (bicyclic) bond motifs is 1. The summed E-state index contributed by atoms with van der Waals surface area (Å²) in [5, 5.41) is 9.38. The molecule has 0 aliphatic carbocycles. The third-order valence-electron chi connectivity index (χ3n) is 5.90. The van der Waals surface area contributed by atoms with Crippen molar-refractivity contribution < 1.29 is 9.53 Å². The predicted molar refractivity (Wildman–Crippen MR) is 142 cm³/mol. The van der Waals surface area contributed by atoms with Crippen molar-refractivity contribution in [2.45, 2.75) is 63.4 Å². The monoisotopic (exact) mass is 510 g/mol. The van der Waals surface area contributed by atoms with Gasteiger partial charge >= 0.3 is 5.97 Å². The van der Waals surface area contributed by atoms with Crippen LogP contribution in [-0.4, -0.2) is 27.3 Å². The molecule has 2 aromatic carbocycles. The molecule has 3 aromatic rings. The summed E-state index contributed by atoms with van der Waals surface area (Å²) in [6, 6.07) is 15.7. The molecule has 2 heterocycles. The lowest BCUT2D eigenvalue weighted by molar-refractivity contribution is -0.139. The second-order valence-electron chi connectivity index (χ2n) is 9.62. The number of esters is 1. The Bertz CT molecular complexity index is 1240. The first-order chi connectivity index (χ1) is 16.7. The standard InChI is InChI=1S/C27H31ClN4O2S/c1-6-15-34-24(33)22-17(2)29-25-30-26(35-16-19-9-7-8-10-21(19)28)31-32(25)23(22)18-11-13-20(14-12-18)27(3,4)5/h7-14,23H,6,15-16H2,1-5H3,(H,29,30,31). The molecule has 1 aromatic heterocycles. The average Bonchev–Trinajstić information content (AvgIpc) is 3.23. The molecule has 8 heteroatoms. The maximum Gasteiger partial charge on any atom is 0.338 e. The fourth-order valence-electron chi connectivity index (χ4n) is 3.96. The highest BCUT2D eigenvalue weighted by molar-refractivity contribution is 7.98. The smallest absolute Gasteiger partial charge is 0.338 e. The molecular formula is C27H31ClN4O2S. The minimum atomic E-state index is -0.438. The summed E-state index contributed by atoms with van der Waals surface area (Å²) in [6.07, 6.45) is 0.758. The van der Waals surface area contributed by atoms with Gasteiger partial charge in [-0.1, -0.05) is 93.5 Å². The van der Waals surface area contributed by atoms with Crippen molar-refractivity contribution in [3.05, 3.63) is 81.5 Å². The molecule has 0 saturated heterocycles. The van der Waals surface area contributed by atoms with Gasteiger partial charge < -0.3 is 10.1 Å². The number of rotatable bonds is 7. The third-order valence-corrected chi connectivity index (χ3v) is 7.15. The van der Waals surface area contributed by atoms with Gasteiger partial charge in [-0.2, -0.15) is 4.98 Å². The van der Waals surface area contributed by atoms with Gasteiger partial charge in [-0.05, 0) is 41.5 Å². The molecule has 0 fully saturated rings. The lowest BCUT2D eigenvalue weighted by Gasteiger charge is -2.28. The fourth-order valence-corrected chi connectivity index (χ4v) is 5.08. The van der Waals surface area contributed by atoms with Crippen LogP contribution < -0.4 is 5.32 Å². The number of benzene rings is 2. The number of ether oxygens (including phenoxy) is 1. The highest BCUT2D eigenvalue weighted by Crippen LogP contribution is 2.38. The Balaban J connectivity index is 1.70. The Hall–Kier alpha value is -2.77. The van der Waals surface area contributed by atoms with Gasteiger partial charge in [0.15, 0.2) is 0 Å². The Morgan fingerprint density at radius 2 is 1.89 bits per heavy atom. The van der Waals surface area contributed by atoms with Crippen LogP contribution in [0.15, 0.2) is 65.0 Å². The zero-order chi connectivity index (χ0) is 25.2. The SMILES string of the molecule is CCCOC(=O)C1=C(C)Nc2nc(SCc3ccccc3Cl)nn2C1c1ccc(C(C)(C)C)cc1. The average molecular weight is 511 g/mol. The summed E-state index contributed by atoms with van der Waals surface area (Å²) in [4.78, 5) is 17.8. The van der Waals surface area contributed by atoms with Crippen LogP contribution in [0.4, 0.5) is 5.95 Å². The van der Waals surface area contributed by atoms with Crippen LogP contribution in [0.5, 0.6) is 0 Å². The summed E-state index contributed by atoms with van der Waals surface area (Å²) >= 11 is 7.83. The maximum atomic E-state index is 13.1. The normalized spacial score (nSPS) is 15.5.